The van der Waals surface area contributed by atoms with Crippen LogP contribution in [0.5, 0.6) is 0 Å². The summed E-state index contributed by atoms with van der Waals surface area (Å²) in [7, 11) is 0. The Morgan fingerprint density at radius 3 is 2.56 bits per heavy atom. The number of nitrogens with zero attached hydrogens (tertiary/aromatic N) is 1. The van der Waals surface area contributed by atoms with Gasteiger partial charge in [0.2, 0.25) is 0 Å². The molecule has 0 spiro atoms. The van der Waals surface area contributed by atoms with Gasteiger partial charge in [0.05, 0.1) is 10.7 Å². The highest BCUT2D eigenvalue weighted by atomic mass is 35.5. The van der Waals surface area contributed by atoms with E-state index in [1.807, 2.05) is 30.3 Å². The van der Waals surface area contributed by atoms with Crippen LogP contribution < -0.4 is 10.6 Å². The summed E-state index contributed by atoms with van der Waals surface area (Å²) < 4.78 is 0. The summed E-state index contributed by atoms with van der Waals surface area (Å²) in [6.45, 7) is 4.15. The maximum Gasteiger partial charge on any atom is 0.267 e. The molecule has 0 fully saturated rings. The zero-order chi connectivity index (χ0) is 18.4. The number of rotatable bonds is 5. The number of para-hydroxylation sites is 1. The predicted molar refractivity (Wildman–Crippen MR) is 103 cm³/mol. The van der Waals surface area contributed by atoms with Crippen LogP contribution in [-0.2, 0) is 4.79 Å². The van der Waals surface area contributed by atoms with Crippen molar-refractivity contribution in [2.45, 2.75) is 19.8 Å². The zero-order valence-corrected chi connectivity index (χ0v) is 15.3. The largest absolute Gasteiger partial charge is 0.360 e. The van der Waals surface area contributed by atoms with E-state index in [2.05, 4.69) is 24.5 Å². The van der Waals surface area contributed by atoms with Crippen molar-refractivity contribution >= 4 is 40.5 Å². The van der Waals surface area contributed by atoms with Crippen LogP contribution in [0.2, 0.25) is 10.0 Å². The standard InChI is InChI=1S/C19H17Cl2N3O/c1-12(2)15-5-3-4-6-17(15)23-11-13(10-22)19(25)24-18-9-14(20)7-8-16(18)21/h3-9,11-12,23H,1-2H3,(H,24,25)/b13-11-. The number of hydrogen-bond acceptors (Lipinski definition) is 3. The molecule has 25 heavy (non-hydrogen) atoms. The molecule has 0 saturated heterocycles. The Labute approximate surface area is 157 Å². The number of halogens is 2. The number of anilines is 2. The van der Waals surface area contributed by atoms with Crippen molar-refractivity contribution in [3.63, 3.8) is 0 Å². The molecule has 0 aliphatic carbocycles. The summed E-state index contributed by atoms with van der Waals surface area (Å²) >= 11 is 11.9. The molecule has 2 aromatic rings. The Balaban J connectivity index is 2.19. The predicted octanol–water partition coefficient (Wildman–Crippen LogP) is 5.57. The Kier molecular flexibility index (Phi) is 6.46. The van der Waals surface area contributed by atoms with E-state index in [0.717, 1.165) is 11.3 Å². The van der Waals surface area contributed by atoms with Crippen molar-refractivity contribution in [3.8, 4) is 6.07 Å². The van der Waals surface area contributed by atoms with Crippen LogP contribution in [0.4, 0.5) is 11.4 Å². The minimum atomic E-state index is -0.568. The van der Waals surface area contributed by atoms with Crippen LogP contribution in [-0.4, -0.2) is 5.91 Å². The number of benzene rings is 2. The molecule has 0 aliphatic rings. The average molecular weight is 374 g/mol. The first-order valence-corrected chi connectivity index (χ1v) is 8.40. The third-order valence-electron chi connectivity index (χ3n) is 3.50. The SMILES string of the molecule is CC(C)c1ccccc1N/C=C(/C#N)C(=O)Nc1cc(Cl)ccc1Cl. The van der Waals surface area contributed by atoms with Gasteiger partial charge < -0.3 is 10.6 Å². The fourth-order valence-electron chi connectivity index (χ4n) is 2.21. The quantitative estimate of drug-likeness (QED) is 0.531. The monoisotopic (exact) mass is 373 g/mol. The van der Waals surface area contributed by atoms with Crippen molar-refractivity contribution in [2.75, 3.05) is 10.6 Å². The summed E-state index contributed by atoms with van der Waals surface area (Å²) in [6.07, 6.45) is 1.38. The van der Waals surface area contributed by atoms with Gasteiger partial charge in [0.15, 0.2) is 0 Å². The molecule has 2 rings (SSSR count). The van der Waals surface area contributed by atoms with E-state index in [1.54, 1.807) is 12.1 Å². The second-order valence-corrected chi connectivity index (χ2v) is 6.48. The van der Waals surface area contributed by atoms with Gasteiger partial charge in [0.25, 0.3) is 5.91 Å². The van der Waals surface area contributed by atoms with Crippen LogP contribution in [0, 0.1) is 11.3 Å². The van der Waals surface area contributed by atoms with Crippen molar-refractivity contribution in [2.24, 2.45) is 0 Å². The van der Waals surface area contributed by atoms with Gasteiger partial charge in [0.1, 0.15) is 11.6 Å². The van der Waals surface area contributed by atoms with Gasteiger partial charge in [0, 0.05) is 16.9 Å². The maximum absolute atomic E-state index is 12.3. The third kappa shape index (κ3) is 4.99. The second kappa shape index (κ2) is 8.57. The van der Waals surface area contributed by atoms with Gasteiger partial charge in [-0.05, 0) is 35.7 Å². The van der Waals surface area contributed by atoms with Crippen molar-refractivity contribution < 1.29 is 4.79 Å². The molecular weight excluding hydrogens is 357 g/mol. The van der Waals surface area contributed by atoms with Gasteiger partial charge in [-0.15, -0.1) is 0 Å². The summed E-state index contributed by atoms with van der Waals surface area (Å²) in [4.78, 5) is 12.3. The molecule has 6 heteroatoms. The van der Waals surface area contributed by atoms with E-state index in [9.17, 15) is 10.1 Å². The van der Waals surface area contributed by atoms with Crippen LogP contribution >= 0.6 is 23.2 Å². The minimum Gasteiger partial charge on any atom is -0.360 e. The summed E-state index contributed by atoms with van der Waals surface area (Å²) in [6, 6.07) is 14.3. The van der Waals surface area contributed by atoms with Crippen LogP contribution in [0.3, 0.4) is 0 Å². The second-order valence-electron chi connectivity index (χ2n) is 5.63. The number of nitriles is 1. The molecule has 4 nitrogen and oxygen atoms in total. The molecule has 0 saturated carbocycles. The molecule has 0 unspecified atom stereocenters. The Morgan fingerprint density at radius 1 is 1.16 bits per heavy atom. The molecule has 0 aliphatic heterocycles. The van der Waals surface area contributed by atoms with Crippen LogP contribution in [0.1, 0.15) is 25.3 Å². The Morgan fingerprint density at radius 2 is 1.88 bits per heavy atom. The first kappa shape index (κ1) is 18.9. The fraction of sp³-hybridized carbons (Fsp3) is 0.158. The van der Waals surface area contributed by atoms with Crippen molar-refractivity contribution in [1.29, 1.82) is 5.26 Å². The van der Waals surface area contributed by atoms with Gasteiger partial charge >= 0.3 is 0 Å². The highest BCUT2D eigenvalue weighted by molar-refractivity contribution is 6.35. The molecule has 0 radical (unpaired) electrons. The Hall–Kier alpha value is -2.48. The lowest BCUT2D eigenvalue weighted by Gasteiger charge is -2.12. The number of amides is 1. The van der Waals surface area contributed by atoms with E-state index in [4.69, 9.17) is 23.2 Å². The normalized spacial score (nSPS) is 11.1. The topological polar surface area (TPSA) is 64.9 Å². The van der Waals surface area contributed by atoms with Gasteiger partial charge in [-0.2, -0.15) is 5.26 Å². The molecular formula is C19H17Cl2N3O. The van der Waals surface area contributed by atoms with Gasteiger partial charge in [-0.25, -0.2) is 0 Å². The summed E-state index contributed by atoms with van der Waals surface area (Å²) in [5.74, 6) is -0.261. The number of carbonyl (C=O) groups excluding carboxylic acids is 1. The Bertz CT molecular complexity index is 854. The smallest absolute Gasteiger partial charge is 0.267 e. The minimum absolute atomic E-state index is 0.0744. The summed E-state index contributed by atoms with van der Waals surface area (Å²) in [5, 5.41) is 15.7. The first-order valence-electron chi connectivity index (χ1n) is 7.64. The molecule has 0 heterocycles. The third-order valence-corrected chi connectivity index (χ3v) is 4.06. The highest BCUT2D eigenvalue weighted by Gasteiger charge is 2.12. The summed E-state index contributed by atoms with van der Waals surface area (Å²) in [5.41, 5.74) is 2.21. The molecule has 128 valence electrons. The highest BCUT2D eigenvalue weighted by Crippen LogP contribution is 2.26. The average Bonchev–Trinajstić information content (AvgIpc) is 2.59. The van der Waals surface area contributed by atoms with Crippen LogP contribution in [0.25, 0.3) is 0 Å². The lowest BCUT2D eigenvalue weighted by atomic mass is 10.0. The van der Waals surface area contributed by atoms with E-state index in [1.165, 1.54) is 12.3 Å². The maximum atomic E-state index is 12.3. The molecule has 0 bridgehead atoms. The number of nitrogens with one attached hydrogen (secondary N) is 2. The lowest BCUT2D eigenvalue weighted by molar-refractivity contribution is -0.112. The number of carbonyl (C=O) groups is 1. The fourth-order valence-corrected chi connectivity index (χ4v) is 2.55. The van der Waals surface area contributed by atoms with Crippen LogP contribution in [0.15, 0.2) is 54.2 Å². The number of hydrogen-bond donors (Lipinski definition) is 2. The van der Waals surface area contributed by atoms with E-state index in [0.29, 0.717) is 21.7 Å². The van der Waals surface area contributed by atoms with Crippen molar-refractivity contribution in [3.05, 3.63) is 69.8 Å². The van der Waals surface area contributed by atoms with E-state index in [-0.39, 0.29) is 5.57 Å². The lowest BCUT2D eigenvalue weighted by Crippen LogP contribution is -2.15. The molecule has 0 atom stereocenters. The first-order chi connectivity index (χ1) is 11.9. The van der Waals surface area contributed by atoms with E-state index < -0.39 is 5.91 Å². The molecule has 0 aromatic heterocycles. The molecule has 2 N–H and O–H groups in total. The molecule has 1 amide bonds. The van der Waals surface area contributed by atoms with Crippen molar-refractivity contribution in [1.82, 2.24) is 0 Å². The molecule has 2 aromatic carbocycles. The van der Waals surface area contributed by atoms with E-state index >= 15 is 0 Å². The van der Waals surface area contributed by atoms with Gasteiger partial charge in [-0.3, -0.25) is 4.79 Å². The zero-order valence-electron chi connectivity index (χ0n) is 13.8. The van der Waals surface area contributed by atoms with Gasteiger partial charge in [-0.1, -0.05) is 55.2 Å².